The number of rotatable bonds is 2. The minimum Gasteiger partial charge on any atom is -0.293 e. The third-order valence-electron chi connectivity index (χ3n) is 3.76. The van der Waals surface area contributed by atoms with Crippen LogP contribution in [0.2, 0.25) is 0 Å². The van der Waals surface area contributed by atoms with Crippen LogP contribution in [0.15, 0.2) is 11.1 Å². The van der Waals surface area contributed by atoms with Gasteiger partial charge in [-0.1, -0.05) is 6.92 Å². The highest BCUT2D eigenvalue weighted by molar-refractivity contribution is 7.18. The first-order valence-corrected chi connectivity index (χ1v) is 7.41. The standard InChI is InChI=1S/C13H16N4O2S/c1-7-2-3-8-9(4-7)20-12-11(8)13(19)17(6-15-12)5-10(18)16-14/h6-7H,2-5,14H2,1H3,(H,16,18)/t7-/m0/s1. The van der Waals surface area contributed by atoms with Crippen molar-refractivity contribution in [2.45, 2.75) is 32.7 Å². The highest BCUT2D eigenvalue weighted by Gasteiger charge is 2.23. The maximum atomic E-state index is 12.5. The molecule has 0 aliphatic heterocycles. The van der Waals surface area contributed by atoms with E-state index < -0.39 is 5.91 Å². The molecule has 0 radical (unpaired) electrons. The van der Waals surface area contributed by atoms with E-state index in [-0.39, 0.29) is 12.1 Å². The van der Waals surface area contributed by atoms with Gasteiger partial charge >= 0.3 is 0 Å². The molecular weight excluding hydrogens is 276 g/mol. The number of amides is 1. The van der Waals surface area contributed by atoms with Crippen molar-refractivity contribution in [2.75, 3.05) is 0 Å². The Labute approximate surface area is 119 Å². The number of nitrogens with one attached hydrogen (secondary N) is 1. The first-order valence-electron chi connectivity index (χ1n) is 6.59. The topological polar surface area (TPSA) is 90.0 Å². The molecule has 1 atom stereocenters. The number of nitrogens with zero attached hydrogens (tertiary/aromatic N) is 2. The first kappa shape index (κ1) is 13.3. The first-order chi connectivity index (χ1) is 9.60. The van der Waals surface area contributed by atoms with Crippen LogP contribution in [-0.4, -0.2) is 15.5 Å². The number of carbonyl (C=O) groups is 1. The molecule has 7 heteroatoms. The van der Waals surface area contributed by atoms with E-state index in [1.165, 1.54) is 15.8 Å². The second-order valence-corrected chi connectivity index (χ2v) is 6.36. The van der Waals surface area contributed by atoms with Crippen LogP contribution in [0.25, 0.3) is 10.2 Å². The molecule has 20 heavy (non-hydrogen) atoms. The molecule has 2 heterocycles. The van der Waals surface area contributed by atoms with Gasteiger partial charge in [0.25, 0.3) is 11.5 Å². The van der Waals surface area contributed by atoms with Crippen LogP contribution in [0.1, 0.15) is 23.8 Å². The zero-order valence-electron chi connectivity index (χ0n) is 11.2. The molecule has 0 bridgehead atoms. The molecule has 3 N–H and O–H groups in total. The van der Waals surface area contributed by atoms with Gasteiger partial charge in [0, 0.05) is 4.88 Å². The predicted molar refractivity (Wildman–Crippen MR) is 77.4 cm³/mol. The predicted octanol–water partition coefficient (Wildman–Crippen LogP) is 0.573. The third-order valence-corrected chi connectivity index (χ3v) is 4.92. The summed E-state index contributed by atoms with van der Waals surface area (Å²) in [5, 5.41) is 0.684. The molecule has 106 valence electrons. The van der Waals surface area contributed by atoms with Crippen LogP contribution < -0.4 is 16.8 Å². The molecule has 3 rings (SSSR count). The zero-order chi connectivity index (χ0) is 14.3. The molecule has 2 aromatic rings. The maximum Gasteiger partial charge on any atom is 0.262 e. The van der Waals surface area contributed by atoms with E-state index in [1.807, 2.05) is 5.43 Å². The normalized spacial score (nSPS) is 18.0. The smallest absolute Gasteiger partial charge is 0.262 e. The fraction of sp³-hybridized carbons (Fsp3) is 0.462. The lowest BCUT2D eigenvalue weighted by Gasteiger charge is -2.17. The summed E-state index contributed by atoms with van der Waals surface area (Å²) in [4.78, 5) is 30.2. The molecule has 0 fully saturated rings. The average Bonchev–Trinajstić information content (AvgIpc) is 2.79. The van der Waals surface area contributed by atoms with Gasteiger partial charge in [-0.15, -0.1) is 11.3 Å². The van der Waals surface area contributed by atoms with E-state index >= 15 is 0 Å². The number of carbonyl (C=O) groups excluding carboxylic acids is 1. The summed E-state index contributed by atoms with van der Waals surface area (Å²) in [6.45, 7) is 2.13. The molecule has 1 aliphatic rings. The second kappa shape index (κ2) is 4.99. The van der Waals surface area contributed by atoms with Crippen LogP contribution in [0.4, 0.5) is 0 Å². The molecule has 1 aliphatic carbocycles. The van der Waals surface area contributed by atoms with Crippen molar-refractivity contribution < 1.29 is 4.79 Å². The fourth-order valence-corrected chi connectivity index (χ4v) is 4.02. The summed E-state index contributed by atoms with van der Waals surface area (Å²) >= 11 is 1.60. The Balaban J connectivity index is 2.13. The lowest BCUT2D eigenvalue weighted by molar-refractivity contribution is -0.121. The molecule has 0 aromatic carbocycles. The Morgan fingerprint density at radius 3 is 3.20 bits per heavy atom. The molecule has 0 spiro atoms. The van der Waals surface area contributed by atoms with Gasteiger partial charge in [0.15, 0.2) is 0 Å². The van der Waals surface area contributed by atoms with Crippen molar-refractivity contribution in [2.24, 2.45) is 11.8 Å². The summed E-state index contributed by atoms with van der Waals surface area (Å²) in [5.74, 6) is 5.30. The molecule has 6 nitrogen and oxygen atoms in total. The number of hydrogen-bond donors (Lipinski definition) is 2. The number of fused-ring (bicyclic) bond motifs is 3. The van der Waals surface area contributed by atoms with Crippen molar-refractivity contribution >= 4 is 27.5 Å². The second-order valence-electron chi connectivity index (χ2n) is 5.28. The Morgan fingerprint density at radius 1 is 1.65 bits per heavy atom. The number of hydrogen-bond acceptors (Lipinski definition) is 5. The van der Waals surface area contributed by atoms with Crippen LogP contribution in [-0.2, 0) is 24.2 Å². The molecule has 2 aromatic heterocycles. The quantitative estimate of drug-likeness (QED) is 0.481. The fourth-order valence-electron chi connectivity index (χ4n) is 2.68. The highest BCUT2D eigenvalue weighted by atomic mass is 32.1. The minimum absolute atomic E-state index is 0.0979. The van der Waals surface area contributed by atoms with Gasteiger partial charge in [0.2, 0.25) is 0 Å². The highest BCUT2D eigenvalue weighted by Crippen LogP contribution is 2.35. The van der Waals surface area contributed by atoms with Gasteiger partial charge in [-0.05, 0) is 30.7 Å². The van der Waals surface area contributed by atoms with E-state index in [2.05, 4.69) is 11.9 Å². The Kier molecular flexibility index (Phi) is 3.31. The molecule has 0 unspecified atom stereocenters. The van der Waals surface area contributed by atoms with Crippen molar-refractivity contribution in [3.63, 3.8) is 0 Å². The van der Waals surface area contributed by atoms with Crippen LogP contribution >= 0.6 is 11.3 Å². The summed E-state index contributed by atoms with van der Waals surface area (Å²) in [5.41, 5.74) is 3.01. The van der Waals surface area contributed by atoms with Crippen LogP contribution in [0.5, 0.6) is 0 Å². The number of aromatic nitrogens is 2. The Morgan fingerprint density at radius 2 is 2.45 bits per heavy atom. The van der Waals surface area contributed by atoms with Crippen LogP contribution in [0, 0.1) is 5.92 Å². The van der Waals surface area contributed by atoms with Gasteiger partial charge in [0.05, 0.1) is 11.7 Å². The Hall–Kier alpha value is -1.73. The summed E-state index contributed by atoms with van der Waals surface area (Å²) in [7, 11) is 0. The molecular formula is C13H16N4O2S. The van der Waals surface area contributed by atoms with Gasteiger partial charge in [-0.3, -0.25) is 19.6 Å². The van der Waals surface area contributed by atoms with Crippen molar-refractivity contribution in [1.82, 2.24) is 15.0 Å². The SMILES string of the molecule is C[C@H]1CCc2c(sc3ncn(CC(=O)NN)c(=O)c23)C1. The van der Waals surface area contributed by atoms with E-state index in [0.717, 1.165) is 29.7 Å². The number of nitrogens with two attached hydrogens (primary N) is 1. The van der Waals surface area contributed by atoms with Gasteiger partial charge < -0.3 is 0 Å². The van der Waals surface area contributed by atoms with E-state index in [9.17, 15) is 9.59 Å². The van der Waals surface area contributed by atoms with E-state index in [0.29, 0.717) is 11.3 Å². The minimum atomic E-state index is -0.411. The number of aryl methyl sites for hydroxylation is 1. The van der Waals surface area contributed by atoms with Gasteiger partial charge in [0.1, 0.15) is 11.4 Å². The summed E-state index contributed by atoms with van der Waals surface area (Å²) < 4.78 is 1.32. The van der Waals surface area contributed by atoms with E-state index in [1.54, 1.807) is 11.3 Å². The van der Waals surface area contributed by atoms with Crippen LogP contribution in [0.3, 0.4) is 0 Å². The lowest BCUT2D eigenvalue weighted by atomic mass is 9.89. The zero-order valence-corrected chi connectivity index (χ0v) is 12.0. The average molecular weight is 292 g/mol. The number of thiophene rings is 1. The number of hydrazine groups is 1. The van der Waals surface area contributed by atoms with Gasteiger partial charge in [-0.2, -0.15) is 0 Å². The summed E-state index contributed by atoms with van der Waals surface area (Å²) in [6, 6.07) is 0. The van der Waals surface area contributed by atoms with Gasteiger partial charge in [-0.25, -0.2) is 10.8 Å². The maximum absolute atomic E-state index is 12.5. The lowest BCUT2D eigenvalue weighted by Crippen LogP contribution is -2.36. The van der Waals surface area contributed by atoms with Crippen molar-refractivity contribution in [1.29, 1.82) is 0 Å². The molecule has 0 saturated heterocycles. The van der Waals surface area contributed by atoms with Crippen molar-refractivity contribution in [3.05, 3.63) is 27.1 Å². The van der Waals surface area contributed by atoms with Crippen molar-refractivity contribution in [3.8, 4) is 0 Å². The van der Waals surface area contributed by atoms with E-state index in [4.69, 9.17) is 5.84 Å². The Bertz CT molecular complexity index is 734. The monoisotopic (exact) mass is 292 g/mol. The largest absolute Gasteiger partial charge is 0.293 e. The third kappa shape index (κ3) is 2.12. The summed E-state index contributed by atoms with van der Waals surface area (Å²) in [6.07, 6.45) is 4.45. The molecule has 0 saturated carbocycles. The molecule has 1 amide bonds.